The van der Waals surface area contributed by atoms with E-state index in [4.69, 9.17) is 0 Å². The first-order chi connectivity index (χ1) is 14.2. The van der Waals surface area contributed by atoms with E-state index in [0.717, 1.165) is 46.3 Å². The molecule has 0 fully saturated rings. The second kappa shape index (κ2) is 7.28. The first-order valence-electron chi connectivity index (χ1n) is 9.66. The van der Waals surface area contributed by atoms with Gasteiger partial charge in [0.1, 0.15) is 11.5 Å². The van der Waals surface area contributed by atoms with Crippen LogP contribution < -0.4 is 5.32 Å². The van der Waals surface area contributed by atoms with E-state index in [1.165, 1.54) is 5.56 Å². The first kappa shape index (κ1) is 17.3. The van der Waals surface area contributed by atoms with Crippen LogP contribution in [0.2, 0.25) is 0 Å². The number of nitrogens with one attached hydrogen (secondary N) is 3. The molecule has 2 aromatic heterocycles. The lowest BCUT2D eigenvalue weighted by Gasteiger charge is -2.05. The molecule has 0 saturated carbocycles. The molecule has 0 spiro atoms. The minimum Gasteiger partial charge on any atom is -0.351 e. The van der Waals surface area contributed by atoms with Crippen molar-refractivity contribution >= 4 is 33.5 Å². The van der Waals surface area contributed by atoms with Gasteiger partial charge in [-0.1, -0.05) is 42.5 Å². The van der Waals surface area contributed by atoms with Gasteiger partial charge in [0.05, 0.1) is 11.0 Å². The zero-order valence-corrected chi connectivity index (χ0v) is 15.8. The molecule has 0 atom stereocenters. The number of aromatic nitrogens is 3. The minimum atomic E-state index is -0.142. The van der Waals surface area contributed by atoms with E-state index in [0.29, 0.717) is 5.69 Å². The number of aromatic amines is 2. The molecular formula is C24H20N4O. The van der Waals surface area contributed by atoms with Crippen molar-refractivity contribution in [2.75, 3.05) is 5.32 Å². The van der Waals surface area contributed by atoms with E-state index in [1.807, 2.05) is 78.9 Å². The lowest BCUT2D eigenvalue weighted by Crippen LogP contribution is -2.12. The van der Waals surface area contributed by atoms with E-state index in [2.05, 4.69) is 20.3 Å². The number of amides is 1. The second-order valence-electron chi connectivity index (χ2n) is 7.12. The Bertz CT molecular complexity index is 1230. The van der Waals surface area contributed by atoms with Crippen LogP contribution in [-0.2, 0) is 12.8 Å². The highest BCUT2D eigenvalue weighted by molar-refractivity contribution is 6.05. The molecule has 3 N–H and O–H groups in total. The Morgan fingerprint density at radius 3 is 2.38 bits per heavy atom. The molecule has 0 aliphatic carbocycles. The van der Waals surface area contributed by atoms with Crippen molar-refractivity contribution in [3.8, 4) is 0 Å². The summed E-state index contributed by atoms with van der Waals surface area (Å²) in [6.45, 7) is 0. The van der Waals surface area contributed by atoms with E-state index in [-0.39, 0.29) is 5.91 Å². The third-order valence-corrected chi connectivity index (χ3v) is 5.08. The minimum absolute atomic E-state index is 0.142. The van der Waals surface area contributed by atoms with Gasteiger partial charge < -0.3 is 15.3 Å². The Balaban J connectivity index is 1.23. The maximum Gasteiger partial charge on any atom is 0.272 e. The number of benzene rings is 3. The fourth-order valence-corrected chi connectivity index (χ4v) is 3.54. The Kier molecular flexibility index (Phi) is 4.33. The summed E-state index contributed by atoms with van der Waals surface area (Å²) in [5.41, 5.74) is 5.56. The zero-order chi connectivity index (χ0) is 19.6. The second-order valence-corrected chi connectivity index (χ2v) is 7.12. The van der Waals surface area contributed by atoms with Crippen molar-refractivity contribution in [3.63, 3.8) is 0 Å². The molecule has 5 heteroatoms. The maximum atomic E-state index is 12.5. The molecule has 0 radical (unpaired) electrons. The standard InChI is InChI=1S/C24H20N4O/c29-24(22-15-17-5-1-2-6-19(17)26-22)25-18-12-9-16(10-13-18)11-14-23-27-20-7-3-4-8-21(20)28-23/h1-10,12-13,15,26H,11,14H2,(H,25,29)(H,27,28). The molecule has 0 aliphatic heterocycles. The van der Waals surface area contributed by atoms with Crippen molar-refractivity contribution in [3.05, 3.63) is 95.9 Å². The Morgan fingerprint density at radius 2 is 1.59 bits per heavy atom. The van der Waals surface area contributed by atoms with Crippen LogP contribution in [0.5, 0.6) is 0 Å². The number of nitrogens with zero attached hydrogens (tertiary/aromatic N) is 1. The molecule has 1 amide bonds. The maximum absolute atomic E-state index is 12.5. The van der Waals surface area contributed by atoms with E-state index in [1.54, 1.807) is 0 Å². The SMILES string of the molecule is O=C(Nc1ccc(CCc2nc3ccccc3[nH]2)cc1)c1cc2ccccc2[nH]1. The molecule has 5 rings (SSSR count). The molecule has 29 heavy (non-hydrogen) atoms. The highest BCUT2D eigenvalue weighted by atomic mass is 16.1. The lowest BCUT2D eigenvalue weighted by molar-refractivity contribution is 0.102. The molecule has 0 aliphatic rings. The summed E-state index contributed by atoms with van der Waals surface area (Å²) in [7, 11) is 0. The van der Waals surface area contributed by atoms with E-state index in [9.17, 15) is 4.79 Å². The Labute approximate surface area is 167 Å². The Morgan fingerprint density at radius 1 is 0.828 bits per heavy atom. The van der Waals surface area contributed by atoms with Crippen LogP contribution in [0.25, 0.3) is 21.9 Å². The molecule has 5 aromatic rings. The van der Waals surface area contributed by atoms with Gasteiger partial charge in [0, 0.05) is 23.0 Å². The summed E-state index contributed by atoms with van der Waals surface area (Å²) in [4.78, 5) is 23.6. The van der Waals surface area contributed by atoms with Crippen LogP contribution in [0.3, 0.4) is 0 Å². The number of para-hydroxylation sites is 3. The van der Waals surface area contributed by atoms with Gasteiger partial charge in [0.25, 0.3) is 5.91 Å². The van der Waals surface area contributed by atoms with Crippen molar-refractivity contribution in [1.29, 1.82) is 0 Å². The van der Waals surface area contributed by atoms with Gasteiger partial charge in [-0.2, -0.15) is 0 Å². The highest BCUT2D eigenvalue weighted by Crippen LogP contribution is 2.17. The van der Waals surface area contributed by atoms with Gasteiger partial charge in [-0.15, -0.1) is 0 Å². The van der Waals surface area contributed by atoms with Gasteiger partial charge in [-0.3, -0.25) is 4.79 Å². The van der Waals surface area contributed by atoms with Crippen LogP contribution in [0.1, 0.15) is 21.9 Å². The smallest absolute Gasteiger partial charge is 0.272 e. The van der Waals surface area contributed by atoms with Crippen molar-refractivity contribution < 1.29 is 4.79 Å². The summed E-state index contributed by atoms with van der Waals surface area (Å²) in [6.07, 6.45) is 1.73. The molecule has 0 saturated heterocycles. The van der Waals surface area contributed by atoms with Crippen LogP contribution in [0, 0.1) is 0 Å². The summed E-state index contributed by atoms with van der Waals surface area (Å²) in [6, 6.07) is 25.7. The number of hydrogen-bond donors (Lipinski definition) is 3. The average molecular weight is 380 g/mol. The summed E-state index contributed by atoms with van der Waals surface area (Å²) in [5, 5.41) is 3.98. The summed E-state index contributed by atoms with van der Waals surface area (Å²) < 4.78 is 0. The van der Waals surface area contributed by atoms with Gasteiger partial charge in [-0.25, -0.2) is 4.98 Å². The van der Waals surface area contributed by atoms with Crippen LogP contribution >= 0.6 is 0 Å². The number of anilines is 1. The largest absolute Gasteiger partial charge is 0.351 e. The molecular weight excluding hydrogens is 360 g/mol. The first-order valence-corrected chi connectivity index (χ1v) is 9.66. The molecule has 5 nitrogen and oxygen atoms in total. The predicted octanol–water partition coefficient (Wildman–Crippen LogP) is 5.08. The van der Waals surface area contributed by atoms with Crippen molar-refractivity contribution in [2.24, 2.45) is 0 Å². The topological polar surface area (TPSA) is 73.6 Å². The zero-order valence-electron chi connectivity index (χ0n) is 15.8. The molecule has 3 aromatic carbocycles. The number of carbonyl (C=O) groups is 1. The molecule has 0 bridgehead atoms. The summed E-state index contributed by atoms with van der Waals surface area (Å²) in [5.74, 6) is 0.846. The average Bonchev–Trinajstić information content (AvgIpc) is 3.37. The van der Waals surface area contributed by atoms with Crippen molar-refractivity contribution in [1.82, 2.24) is 15.0 Å². The lowest BCUT2D eigenvalue weighted by atomic mass is 10.1. The van der Waals surface area contributed by atoms with E-state index < -0.39 is 0 Å². The normalized spacial score (nSPS) is 11.2. The van der Waals surface area contributed by atoms with Crippen molar-refractivity contribution in [2.45, 2.75) is 12.8 Å². The fraction of sp³-hybridized carbons (Fsp3) is 0.0833. The number of hydrogen-bond acceptors (Lipinski definition) is 2. The third kappa shape index (κ3) is 3.62. The number of carbonyl (C=O) groups excluding carboxylic acids is 1. The van der Waals surface area contributed by atoms with Gasteiger partial charge in [0.15, 0.2) is 0 Å². The van der Waals surface area contributed by atoms with Crippen LogP contribution in [0.15, 0.2) is 78.9 Å². The quantitative estimate of drug-likeness (QED) is 0.398. The highest BCUT2D eigenvalue weighted by Gasteiger charge is 2.10. The molecule has 0 unspecified atom stereocenters. The monoisotopic (exact) mass is 380 g/mol. The molecule has 142 valence electrons. The predicted molar refractivity (Wildman–Crippen MR) is 116 cm³/mol. The third-order valence-electron chi connectivity index (χ3n) is 5.08. The van der Waals surface area contributed by atoms with Gasteiger partial charge >= 0.3 is 0 Å². The van der Waals surface area contributed by atoms with Crippen LogP contribution in [-0.4, -0.2) is 20.9 Å². The number of H-pyrrole nitrogens is 2. The van der Waals surface area contributed by atoms with Gasteiger partial charge in [0.2, 0.25) is 0 Å². The Hall–Kier alpha value is -3.86. The number of rotatable bonds is 5. The fourth-order valence-electron chi connectivity index (χ4n) is 3.54. The van der Waals surface area contributed by atoms with E-state index >= 15 is 0 Å². The number of aryl methyl sites for hydroxylation is 2. The number of imidazole rings is 1. The summed E-state index contributed by atoms with van der Waals surface area (Å²) >= 11 is 0. The number of fused-ring (bicyclic) bond motifs is 2. The molecule has 2 heterocycles. The van der Waals surface area contributed by atoms with Gasteiger partial charge in [-0.05, 0) is 48.4 Å². The van der Waals surface area contributed by atoms with Crippen LogP contribution in [0.4, 0.5) is 5.69 Å².